The monoisotopic (exact) mass is 1970 g/mol. The number of hydrogen-bond acceptors (Lipinski definition) is 24. The van der Waals surface area contributed by atoms with E-state index in [2.05, 4.69) is 101 Å². The predicted molar refractivity (Wildman–Crippen MR) is 505 cm³/mol. The van der Waals surface area contributed by atoms with Gasteiger partial charge in [-0.1, -0.05) is 123 Å². The topological polar surface area (TPSA) is 846 Å². The first-order valence-electron chi connectivity index (χ1n) is 45.8. The van der Waals surface area contributed by atoms with Crippen molar-refractivity contribution >= 4 is 153 Å². The van der Waals surface area contributed by atoms with E-state index in [1.807, 2.05) is 6.92 Å². The molecular weight excluding hydrogens is 1830 g/mol. The minimum Gasteiger partial charge on any atom is -0.481 e. The Morgan fingerprint density at radius 3 is 1.19 bits per heavy atom. The van der Waals surface area contributed by atoms with Gasteiger partial charge in [0.25, 0.3) is 0 Å². The molecule has 2 aromatic carbocycles. The van der Waals surface area contributed by atoms with Crippen LogP contribution in [0.4, 0.5) is 0 Å². The molecule has 0 radical (unpaired) electrons. The van der Waals surface area contributed by atoms with Crippen molar-refractivity contribution in [3.05, 3.63) is 71.9 Å². The number of benzene rings is 2. The number of fused-ring (bicyclic) bond motifs is 1. The highest BCUT2D eigenvalue weighted by Crippen LogP contribution is 2.22. The second kappa shape index (κ2) is 60.5. The van der Waals surface area contributed by atoms with Crippen LogP contribution in [0.2, 0.25) is 0 Å². The molecule has 0 bridgehead atoms. The summed E-state index contributed by atoms with van der Waals surface area (Å²) in [6.45, 7) is 15.7. The van der Waals surface area contributed by atoms with Gasteiger partial charge in [-0.15, -0.1) is 0 Å². The Morgan fingerprint density at radius 1 is 0.357 bits per heavy atom. The number of para-hydroxylation sites is 1. The fraction of sp³-hybridized carbons (Fsp3) is 0.573. The van der Waals surface area contributed by atoms with Gasteiger partial charge in [-0.25, -0.2) is 0 Å². The van der Waals surface area contributed by atoms with Crippen LogP contribution >= 0.6 is 0 Å². The number of aromatic amines is 1. The molecule has 34 N–H and O–H groups in total. The second-order valence-corrected chi connectivity index (χ2v) is 34.5. The SMILES string of the molecule is CC[C@H](C)[C@H](NC(C)=O)C(=O)N[C@@H](Cc1c[nH]c2ccccc12)C(=O)N[C@H](C(=O)N[C@@H](C)C(=O)N[C@@H](CCC(N)=O)C(=O)N[C@@H](CCC(=O)O)C(=O)N[C@@H](CC(C)C)C(=O)N[C@@H](CCCNC(=N)N)C(=O)N[C@@H](CCCNC(=N)N)C(=O)N[C@H](C(=O)NCC(=O)N[C@@H](CC(=O)O)C(=O)N[C@@H](CCC(=O)O)C(=O)N[C@@H](Cc1ccccc1)C(=O)N[C@@H](CC(N)=O)C(=O)N[C@@H](C)C(N)=O)[C@@H](C)CC)[C@@H](C)CC. The quantitative estimate of drug-likeness (QED) is 0.0142. The van der Waals surface area contributed by atoms with Crippen molar-refractivity contribution in [1.82, 2.24) is 101 Å². The molecule has 0 aliphatic heterocycles. The molecule has 0 unspecified atom stereocenters. The van der Waals surface area contributed by atoms with Gasteiger partial charge in [0, 0.05) is 69.2 Å². The average molecular weight is 1970 g/mol. The van der Waals surface area contributed by atoms with Gasteiger partial charge in [-0.2, -0.15) is 0 Å². The third kappa shape index (κ3) is 43.5. The van der Waals surface area contributed by atoms with Crippen LogP contribution in [0.15, 0.2) is 60.8 Å². The molecule has 51 heteroatoms. The van der Waals surface area contributed by atoms with E-state index in [1.165, 1.54) is 39.8 Å². The van der Waals surface area contributed by atoms with E-state index in [1.54, 1.807) is 90.2 Å². The van der Waals surface area contributed by atoms with E-state index in [0.717, 1.165) is 10.9 Å². The number of primary amides is 3. The number of nitrogens with one attached hydrogen (secondary N) is 21. The largest absolute Gasteiger partial charge is 0.481 e. The molecule has 774 valence electrons. The number of guanidine groups is 2. The number of H-pyrrole nitrogens is 1. The number of carboxylic acid groups (broad SMARTS) is 3. The molecule has 3 aromatic rings. The highest BCUT2D eigenvalue weighted by molar-refractivity contribution is 6.02. The van der Waals surface area contributed by atoms with Crippen molar-refractivity contribution < 1.29 is 121 Å². The number of carbonyl (C=O) groups is 22. The maximum absolute atomic E-state index is 14.9. The lowest BCUT2D eigenvalue weighted by atomic mass is 9.95. The van der Waals surface area contributed by atoms with Gasteiger partial charge in [-0.3, -0.25) is 116 Å². The van der Waals surface area contributed by atoms with Gasteiger partial charge >= 0.3 is 17.9 Å². The van der Waals surface area contributed by atoms with Gasteiger partial charge in [0.2, 0.25) is 112 Å². The Morgan fingerprint density at radius 2 is 0.729 bits per heavy atom. The van der Waals surface area contributed by atoms with Crippen LogP contribution in [0.1, 0.15) is 190 Å². The Bertz CT molecular complexity index is 4860. The summed E-state index contributed by atoms with van der Waals surface area (Å²) in [5, 5.41) is 90.0. The third-order valence-electron chi connectivity index (χ3n) is 22.6. The molecular formula is C89H138N26O25. The second-order valence-electron chi connectivity index (χ2n) is 34.5. The molecule has 19 amide bonds. The normalized spacial score (nSPS) is 14.9. The minimum absolute atomic E-state index is 0.0497. The van der Waals surface area contributed by atoms with E-state index < -0.39 is 308 Å². The van der Waals surface area contributed by atoms with E-state index in [9.17, 15) is 121 Å². The molecule has 18 atom stereocenters. The van der Waals surface area contributed by atoms with Crippen LogP contribution in [-0.2, 0) is 118 Å². The van der Waals surface area contributed by atoms with Gasteiger partial charge in [0.15, 0.2) is 11.9 Å². The maximum Gasteiger partial charge on any atom is 0.305 e. The zero-order valence-electron chi connectivity index (χ0n) is 80.3. The van der Waals surface area contributed by atoms with Crippen molar-refractivity contribution in [1.29, 1.82) is 10.8 Å². The van der Waals surface area contributed by atoms with E-state index >= 15 is 0 Å². The third-order valence-corrected chi connectivity index (χ3v) is 22.6. The van der Waals surface area contributed by atoms with Crippen molar-refractivity contribution in [2.24, 2.45) is 52.3 Å². The minimum atomic E-state index is -2.11. The Labute approximate surface area is 808 Å². The number of carbonyl (C=O) groups excluding carboxylic acids is 19. The predicted octanol–water partition coefficient (Wildman–Crippen LogP) is -6.06. The lowest BCUT2D eigenvalue weighted by Gasteiger charge is -2.30. The summed E-state index contributed by atoms with van der Waals surface area (Å²) < 4.78 is 0. The first kappa shape index (κ1) is 119. The summed E-state index contributed by atoms with van der Waals surface area (Å²) in [5.41, 5.74) is 29.0. The zero-order chi connectivity index (χ0) is 105. The fourth-order valence-electron chi connectivity index (χ4n) is 14.1. The van der Waals surface area contributed by atoms with E-state index in [0.29, 0.717) is 17.5 Å². The summed E-state index contributed by atoms with van der Waals surface area (Å²) in [6.07, 6.45) is -5.15. The number of nitrogens with two attached hydrogens (primary N) is 5. The molecule has 0 saturated heterocycles. The summed E-state index contributed by atoms with van der Waals surface area (Å²) >= 11 is 0. The van der Waals surface area contributed by atoms with Crippen molar-refractivity contribution in [2.75, 3.05) is 19.6 Å². The molecule has 1 heterocycles. The smallest absolute Gasteiger partial charge is 0.305 e. The molecule has 0 fully saturated rings. The maximum atomic E-state index is 14.9. The number of rotatable bonds is 65. The van der Waals surface area contributed by atoms with Gasteiger partial charge in [-0.05, 0) is 106 Å². The lowest BCUT2D eigenvalue weighted by Crippen LogP contribution is -2.61. The van der Waals surface area contributed by atoms with Crippen LogP contribution in [0.3, 0.4) is 0 Å². The van der Waals surface area contributed by atoms with Crippen LogP contribution in [-0.4, -0.2) is 273 Å². The first-order chi connectivity index (χ1) is 65.8. The number of aliphatic carboxylic acids is 3. The molecule has 0 saturated carbocycles. The Hall–Kier alpha value is -15.1. The molecule has 1 aromatic heterocycles. The molecule has 0 aliphatic carbocycles. The van der Waals surface area contributed by atoms with Crippen molar-refractivity contribution in [3.63, 3.8) is 0 Å². The van der Waals surface area contributed by atoms with Crippen molar-refractivity contribution in [2.45, 2.75) is 282 Å². The fourth-order valence-corrected chi connectivity index (χ4v) is 14.1. The zero-order valence-corrected chi connectivity index (χ0v) is 80.3. The van der Waals surface area contributed by atoms with Crippen LogP contribution < -0.4 is 124 Å². The molecule has 140 heavy (non-hydrogen) atoms. The van der Waals surface area contributed by atoms with Gasteiger partial charge < -0.3 is 145 Å². The Balaban J connectivity index is 1.98. The summed E-state index contributed by atoms with van der Waals surface area (Å²) in [5.74, 6) is -27.9. The molecule has 51 nitrogen and oxygen atoms in total. The Kier molecular flexibility index (Phi) is 51.4. The summed E-state index contributed by atoms with van der Waals surface area (Å²) in [6, 6.07) is -9.40. The molecule has 3 rings (SSSR count). The van der Waals surface area contributed by atoms with Crippen LogP contribution in [0, 0.1) is 34.5 Å². The first-order valence-corrected chi connectivity index (χ1v) is 45.8. The average Bonchev–Trinajstić information content (AvgIpc) is 1.69. The number of amides is 19. The number of hydrogen-bond donors (Lipinski definition) is 29. The van der Waals surface area contributed by atoms with Crippen LogP contribution in [0.5, 0.6) is 0 Å². The standard InChI is InChI=1S/C89H138N26O25/c1-12-44(6)70(85(138)100-42-66(119)104-63(40-69(124)125)83(136)109-58(30-33-68(122)123)78(131)111-60(37-50-22-16-15-17-23-50)82(135)112-62(39-65(91)118)80(133)101-47(9)73(92)126)114-79(132)55(27-21-35-98-89(95)96)106-75(128)54(26-20-34-97-88(93)94)107-81(134)59(36-43(4)5)110-77(130)57(29-32-67(120)121)108-76(129)56(28-31-64(90)117)105-74(127)48(10)102-86(139)72(46(8)14-3)115-84(137)61(38-51-41-99-53-25-19-18-24-52(51)53)113-87(140)71(45(7)13-2)103-49(11)116/h15-19,22-25,41,43-48,54-63,70-72,99H,12-14,20-21,26-40,42H2,1-11H3,(H2,90,117)(H2,91,118)(H2,92,126)(H,100,138)(H,101,133)(H,102,139)(H,103,116)(H,104,119)(H,105,127)(H,106,128)(H,107,134)(H,108,129)(H,109,136)(H,110,130)(H,111,131)(H,112,135)(H,113,140)(H,114,132)(H,115,137)(H,120,121)(H,122,123)(H,124,125)(H4,93,94,97)(H4,95,96,98)/t44-,45-,46-,47-,48-,54-,55-,56-,57-,58-,59-,60-,61-,62-,63-,70-,71-,72-/m0/s1. The lowest BCUT2D eigenvalue weighted by molar-refractivity contribution is -0.141. The highest BCUT2D eigenvalue weighted by atomic mass is 16.4. The van der Waals surface area contributed by atoms with Gasteiger partial charge in [0.1, 0.15) is 90.6 Å². The summed E-state index contributed by atoms with van der Waals surface area (Å²) in [7, 11) is 0. The van der Waals surface area contributed by atoms with E-state index in [-0.39, 0.29) is 76.8 Å². The van der Waals surface area contributed by atoms with Gasteiger partial charge in [0.05, 0.1) is 19.4 Å². The molecule has 0 spiro atoms. The number of aromatic nitrogens is 1. The number of carboxylic acids is 3. The molecule has 0 aliphatic rings. The van der Waals surface area contributed by atoms with Crippen molar-refractivity contribution in [3.8, 4) is 0 Å². The van der Waals surface area contributed by atoms with Crippen LogP contribution in [0.25, 0.3) is 10.9 Å². The van der Waals surface area contributed by atoms with E-state index in [4.69, 9.17) is 39.5 Å². The summed E-state index contributed by atoms with van der Waals surface area (Å²) in [4.78, 5) is 303. The highest BCUT2D eigenvalue weighted by Gasteiger charge is 2.41.